The average Bonchev–Trinajstić information content (AvgIpc) is 2.45. The van der Waals surface area contributed by atoms with Gasteiger partial charge in [0, 0.05) is 17.0 Å². The van der Waals surface area contributed by atoms with Crippen LogP contribution in [0.15, 0.2) is 63.9 Å². The fourth-order valence-corrected chi connectivity index (χ4v) is 6.65. The summed E-state index contributed by atoms with van der Waals surface area (Å²) in [5, 5.41) is 10.8. The molecule has 0 aliphatic heterocycles. The van der Waals surface area contributed by atoms with Crippen molar-refractivity contribution >= 4 is 21.1 Å². The van der Waals surface area contributed by atoms with E-state index in [1.807, 2.05) is 30.3 Å². The molecule has 2 aromatic carbocycles. The molecule has 3 aliphatic carbocycles. The third-order valence-electron chi connectivity index (χ3n) is 4.93. The van der Waals surface area contributed by atoms with Gasteiger partial charge in [-0.2, -0.15) is 4.36 Å². The first kappa shape index (κ1) is 14.4. The number of nitro groups is 1. The zero-order chi connectivity index (χ0) is 16.1. The highest BCUT2D eigenvalue weighted by Gasteiger charge is 2.63. The number of hydrogen-bond acceptors (Lipinski definition) is 4. The minimum Gasteiger partial charge on any atom is -0.258 e. The van der Waals surface area contributed by atoms with Crippen LogP contribution >= 0.6 is 0 Å². The van der Waals surface area contributed by atoms with Crippen molar-refractivity contribution in [3.05, 3.63) is 64.7 Å². The maximum Gasteiger partial charge on any atom is 0.269 e. The molecule has 6 heteroatoms. The predicted octanol–water partition coefficient (Wildman–Crippen LogP) is 4.31. The molecule has 118 valence electrons. The van der Waals surface area contributed by atoms with Gasteiger partial charge in [0.05, 0.1) is 25.1 Å². The second-order valence-corrected chi connectivity index (χ2v) is 8.94. The van der Waals surface area contributed by atoms with E-state index in [0.29, 0.717) is 11.6 Å². The second-order valence-electron chi connectivity index (χ2n) is 6.37. The van der Waals surface area contributed by atoms with Crippen molar-refractivity contribution in [2.24, 2.45) is 10.3 Å². The van der Waals surface area contributed by atoms with Crippen LogP contribution in [-0.4, -0.2) is 13.9 Å². The molecule has 5 nitrogen and oxygen atoms in total. The topological polar surface area (TPSA) is 72.6 Å². The zero-order valence-electron chi connectivity index (χ0n) is 12.4. The first-order chi connectivity index (χ1) is 11.0. The molecular weight excluding hydrogens is 312 g/mol. The third kappa shape index (κ3) is 2.09. The van der Waals surface area contributed by atoms with Crippen LogP contribution in [-0.2, 0) is 9.73 Å². The Labute approximate surface area is 134 Å². The van der Waals surface area contributed by atoms with E-state index in [2.05, 4.69) is 4.36 Å². The molecule has 0 heterocycles. The van der Waals surface area contributed by atoms with Crippen LogP contribution in [0.4, 0.5) is 11.4 Å². The molecule has 1 atom stereocenters. The van der Waals surface area contributed by atoms with E-state index in [1.165, 1.54) is 12.1 Å². The second kappa shape index (κ2) is 4.89. The van der Waals surface area contributed by atoms with E-state index >= 15 is 0 Å². The smallest absolute Gasteiger partial charge is 0.258 e. The molecule has 1 unspecified atom stereocenters. The fourth-order valence-electron chi connectivity index (χ4n) is 3.53. The van der Waals surface area contributed by atoms with Crippen LogP contribution in [0.25, 0.3) is 0 Å². The van der Waals surface area contributed by atoms with Crippen molar-refractivity contribution in [1.82, 2.24) is 0 Å². The SMILES string of the molecule is O=[N+]([O-])c1ccc(N=S(=O)(c2ccccc2)C23CC(C2)C3)cc1. The average molecular weight is 328 g/mol. The summed E-state index contributed by atoms with van der Waals surface area (Å²) in [7, 11) is -2.57. The van der Waals surface area contributed by atoms with Gasteiger partial charge in [-0.1, -0.05) is 18.2 Å². The van der Waals surface area contributed by atoms with E-state index in [-0.39, 0.29) is 10.4 Å². The maximum absolute atomic E-state index is 13.8. The Morgan fingerprint density at radius 3 is 2.13 bits per heavy atom. The molecule has 0 radical (unpaired) electrons. The van der Waals surface area contributed by atoms with Gasteiger partial charge in [0.15, 0.2) is 0 Å². The number of nitrogens with zero attached hydrogens (tertiary/aromatic N) is 2. The maximum atomic E-state index is 13.8. The molecule has 0 N–H and O–H groups in total. The molecule has 5 rings (SSSR count). The summed E-state index contributed by atoms with van der Waals surface area (Å²) in [6.45, 7) is 0. The minimum atomic E-state index is -2.57. The van der Waals surface area contributed by atoms with Crippen molar-refractivity contribution in [3.63, 3.8) is 0 Å². The molecule has 0 amide bonds. The molecule has 0 spiro atoms. The Morgan fingerprint density at radius 2 is 1.65 bits per heavy atom. The molecule has 0 saturated heterocycles. The normalized spacial score (nSPS) is 27.2. The Bertz CT molecular complexity index is 867. The number of benzene rings is 2. The Morgan fingerprint density at radius 1 is 1.04 bits per heavy atom. The first-order valence-electron chi connectivity index (χ1n) is 7.59. The number of rotatable bonds is 4. The van der Waals surface area contributed by atoms with Crippen LogP contribution < -0.4 is 0 Å². The molecule has 3 saturated carbocycles. The van der Waals surface area contributed by atoms with Gasteiger partial charge in [0.25, 0.3) is 5.69 Å². The zero-order valence-corrected chi connectivity index (χ0v) is 13.2. The number of non-ortho nitro benzene ring substituents is 1. The Hall–Kier alpha value is -2.21. The van der Waals surface area contributed by atoms with Crippen LogP contribution in [0, 0.1) is 16.0 Å². The van der Waals surface area contributed by atoms with Crippen molar-refractivity contribution < 1.29 is 9.13 Å². The lowest BCUT2D eigenvalue weighted by atomic mass is 9.55. The third-order valence-corrected chi connectivity index (χ3v) is 7.98. The highest BCUT2D eigenvalue weighted by Crippen LogP contribution is 2.64. The number of nitro benzene ring substituents is 1. The van der Waals surface area contributed by atoms with Gasteiger partial charge < -0.3 is 0 Å². The molecule has 0 aromatic heterocycles. The van der Waals surface area contributed by atoms with Gasteiger partial charge in [0.2, 0.25) is 0 Å². The van der Waals surface area contributed by atoms with E-state index in [4.69, 9.17) is 0 Å². The summed E-state index contributed by atoms with van der Waals surface area (Å²) in [4.78, 5) is 11.1. The van der Waals surface area contributed by atoms with E-state index in [9.17, 15) is 14.3 Å². The highest BCUT2D eigenvalue weighted by molar-refractivity contribution is 7.95. The van der Waals surface area contributed by atoms with Crippen molar-refractivity contribution in [2.45, 2.75) is 28.9 Å². The van der Waals surface area contributed by atoms with Crippen molar-refractivity contribution in [1.29, 1.82) is 0 Å². The summed E-state index contributed by atoms with van der Waals surface area (Å²) in [6.07, 6.45) is 2.91. The number of hydrogen-bond donors (Lipinski definition) is 0. The molecule has 2 aromatic rings. The molecule has 3 aliphatic rings. The van der Waals surface area contributed by atoms with Gasteiger partial charge in [-0.25, -0.2) is 4.21 Å². The van der Waals surface area contributed by atoms with E-state index < -0.39 is 14.7 Å². The Balaban J connectivity index is 1.82. The van der Waals surface area contributed by atoms with Gasteiger partial charge in [-0.15, -0.1) is 0 Å². The molecular formula is C17H16N2O3S. The summed E-state index contributed by atoms with van der Waals surface area (Å²) in [5.41, 5.74) is 0.551. The quantitative estimate of drug-likeness (QED) is 0.620. The summed E-state index contributed by atoms with van der Waals surface area (Å²) in [5.74, 6) is 0.701. The molecule has 2 bridgehead atoms. The predicted molar refractivity (Wildman–Crippen MR) is 88.1 cm³/mol. The standard InChI is InChI=1S/C17H16N2O3S/c20-19(21)15-8-6-14(7-9-15)18-23(22,16-4-2-1-3-5-16)17-10-13(11-17)12-17/h1-9,13H,10-12H2. The lowest BCUT2D eigenvalue weighted by Gasteiger charge is -2.62. The molecule has 23 heavy (non-hydrogen) atoms. The Kier molecular flexibility index (Phi) is 3.06. The monoisotopic (exact) mass is 328 g/mol. The summed E-state index contributed by atoms with van der Waals surface area (Å²) >= 11 is 0. The lowest BCUT2D eigenvalue weighted by Crippen LogP contribution is -2.62. The van der Waals surface area contributed by atoms with Crippen LogP contribution in [0.5, 0.6) is 0 Å². The largest absolute Gasteiger partial charge is 0.269 e. The van der Waals surface area contributed by atoms with Crippen molar-refractivity contribution in [3.8, 4) is 0 Å². The van der Waals surface area contributed by atoms with E-state index in [1.54, 1.807) is 12.1 Å². The van der Waals surface area contributed by atoms with Gasteiger partial charge in [-0.3, -0.25) is 10.1 Å². The summed E-state index contributed by atoms with van der Waals surface area (Å²) in [6, 6.07) is 15.4. The van der Waals surface area contributed by atoms with Gasteiger partial charge in [-0.05, 0) is 49.4 Å². The van der Waals surface area contributed by atoms with Crippen LogP contribution in [0.2, 0.25) is 0 Å². The van der Waals surface area contributed by atoms with E-state index in [0.717, 1.165) is 24.2 Å². The van der Waals surface area contributed by atoms with Gasteiger partial charge >= 0.3 is 0 Å². The summed E-state index contributed by atoms with van der Waals surface area (Å²) < 4.78 is 18.2. The fraction of sp³-hybridized carbons (Fsp3) is 0.294. The lowest BCUT2D eigenvalue weighted by molar-refractivity contribution is -0.384. The highest BCUT2D eigenvalue weighted by atomic mass is 32.2. The van der Waals surface area contributed by atoms with Crippen LogP contribution in [0.1, 0.15) is 19.3 Å². The van der Waals surface area contributed by atoms with Crippen molar-refractivity contribution in [2.75, 3.05) is 0 Å². The molecule has 3 fully saturated rings. The minimum absolute atomic E-state index is 0.0145. The van der Waals surface area contributed by atoms with Crippen LogP contribution in [0.3, 0.4) is 0 Å². The van der Waals surface area contributed by atoms with Gasteiger partial charge in [0.1, 0.15) is 0 Å². The first-order valence-corrected chi connectivity index (χ1v) is 9.10.